The van der Waals surface area contributed by atoms with E-state index in [-0.39, 0.29) is 24.1 Å². The van der Waals surface area contributed by atoms with E-state index in [9.17, 15) is 9.59 Å². The molecule has 1 atom stereocenters. The molecule has 2 rings (SSSR count). The van der Waals surface area contributed by atoms with Crippen molar-refractivity contribution in [1.29, 1.82) is 0 Å². The quantitative estimate of drug-likeness (QED) is 0.812. The van der Waals surface area contributed by atoms with Gasteiger partial charge in [-0.15, -0.1) is 12.4 Å². The van der Waals surface area contributed by atoms with Gasteiger partial charge in [0.1, 0.15) is 0 Å². The van der Waals surface area contributed by atoms with Crippen LogP contribution in [-0.2, 0) is 4.79 Å². The number of hydrogen-bond acceptors (Lipinski definition) is 4. The lowest BCUT2D eigenvalue weighted by molar-refractivity contribution is -0.116. The van der Waals surface area contributed by atoms with Gasteiger partial charge in [0.05, 0.1) is 0 Å². The maximum Gasteiger partial charge on any atom is 0.225 e. The first-order valence-corrected chi connectivity index (χ1v) is 7.42. The van der Waals surface area contributed by atoms with Crippen molar-refractivity contribution in [3.8, 4) is 0 Å². The molecule has 1 aromatic carbocycles. The van der Waals surface area contributed by atoms with Gasteiger partial charge in [-0.2, -0.15) is 0 Å². The van der Waals surface area contributed by atoms with Crippen LogP contribution < -0.4 is 10.6 Å². The van der Waals surface area contributed by atoms with Crippen LogP contribution in [0.3, 0.4) is 0 Å². The second-order valence-corrected chi connectivity index (χ2v) is 5.52. The Morgan fingerprint density at radius 2 is 2.00 bits per heavy atom. The molecule has 0 saturated carbocycles. The summed E-state index contributed by atoms with van der Waals surface area (Å²) in [6, 6.07) is 7.47. The first kappa shape index (κ1) is 18.6. The maximum atomic E-state index is 12.0. The highest BCUT2D eigenvalue weighted by molar-refractivity contribution is 5.95. The SMILES string of the molecule is CC(=O)c1ccc(NC(=O)CCN2CCNC[C@H]2C)cc1.Cl. The normalized spacial score (nSPS) is 18.4. The summed E-state index contributed by atoms with van der Waals surface area (Å²) in [5, 5.41) is 6.21. The van der Waals surface area contributed by atoms with Crippen LogP contribution in [0, 0.1) is 0 Å². The van der Waals surface area contributed by atoms with Crippen LogP contribution in [0.4, 0.5) is 5.69 Å². The fourth-order valence-corrected chi connectivity index (χ4v) is 2.47. The van der Waals surface area contributed by atoms with Crippen molar-refractivity contribution >= 4 is 29.8 Å². The fraction of sp³-hybridized carbons (Fsp3) is 0.500. The van der Waals surface area contributed by atoms with E-state index in [2.05, 4.69) is 22.5 Å². The molecule has 5 nitrogen and oxygen atoms in total. The molecule has 1 fully saturated rings. The first-order valence-electron chi connectivity index (χ1n) is 7.42. The molecule has 0 aliphatic carbocycles. The summed E-state index contributed by atoms with van der Waals surface area (Å²) in [5.41, 5.74) is 1.39. The van der Waals surface area contributed by atoms with Crippen LogP contribution in [-0.4, -0.2) is 48.8 Å². The summed E-state index contributed by atoms with van der Waals surface area (Å²) >= 11 is 0. The number of ketones is 1. The summed E-state index contributed by atoms with van der Waals surface area (Å²) in [4.78, 5) is 25.5. The van der Waals surface area contributed by atoms with Crippen molar-refractivity contribution in [2.24, 2.45) is 0 Å². The van der Waals surface area contributed by atoms with Gasteiger partial charge in [-0.3, -0.25) is 14.5 Å². The van der Waals surface area contributed by atoms with Gasteiger partial charge in [-0.1, -0.05) is 0 Å². The number of nitrogens with zero attached hydrogens (tertiary/aromatic N) is 1. The Kier molecular flexibility index (Phi) is 7.51. The van der Waals surface area contributed by atoms with Crippen LogP contribution in [0.2, 0.25) is 0 Å². The molecule has 1 aliphatic heterocycles. The minimum Gasteiger partial charge on any atom is -0.326 e. The zero-order valence-corrected chi connectivity index (χ0v) is 13.9. The van der Waals surface area contributed by atoms with E-state index in [0.717, 1.165) is 31.9 Å². The number of amides is 1. The Hall–Kier alpha value is -1.43. The van der Waals surface area contributed by atoms with Crippen molar-refractivity contribution < 1.29 is 9.59 Å². The highest BCUT2D eigenvalue weighted by Gasteiger charge is 2.18. The molecule has 0 bridgehead atoms. The Balaban J connectivity index is 0.00000242. The standard InChI is InChI=1S/C16H23N3O2.ClH/c1-12-11-17-8-10-19(12)9-7-16(21)18-15-5-3-14(4-6-15)13(2)20;/h3-6,12,17H,7-11H2,1-2H3,(H,18,21);1H/t12-;/m1./s1. The third kappa shape index (κ3) is 5.40. The number of halogens is 1. The highest BCUT2D eigenvalue weighted by atomic mass is 35.5. The van der Waals surface area contributed by atoms with Gasteiger partial charge in [0.2, 0.25) is 5.91 Å². The average molecular weight is 326 g/mol. The second-order valence-electron chi connectivity index (χ2n) is 5.52. The van der Waals surface area contributed by atoms with E-state index in [4.69, 9.17) is 0 Å². The number of anilines is 1. The zero-order chi connectivity index (χ0) is 15.2. The van der Waals surface area contributed by atoms with E-state index < -0.39 is 0 Å². The van der Waals surface area contributed by atoms with E-state index in [1.165, 1.54) is 6.92 Å². The van der Waals surface area contributed by atoms with Crippen molar-refractivity contribution in [2.45, 2.75) is 26.3 Å². The van der Waals surface area contributed by atoms with Crippen LogP contribution in [0.5, 0.6) is 0 Å². The largest absolute Gasteiger partial charge is 0.326 e. The van der Waals surface area contributed by atoms with Gasteiger partial charge < -0.3 is 10.6 Å². The second kappa shape index (κ2) is 8.88. The van der Waals surface area contributed by atoms with E-state index in [0.29, 0.717) is 18.0 Å². The Morgan fingerprint density at radius 1 is 1.32 bits per heavy atom. The molecule has 1 heterocycles. The van der Waals surface area contributed by atoms with Crippen molar-refractivity contribution in [3.63, 3.8) is 0 Å². The lowest BCUT2D eigenvalue weighted by Crippen LogP contribution is -2.50. The molecule has 0 unspecified atom stereocenters. The fourth-order valence-electron chi connectivity index (χ4n) is 2.47. The number of Topliss-reactive ketones (excluding diaryl/α,β-unsaturated/α-hetero) is 1. The lowest BCUT2D eigenvalue weighted by atomic mass is 10.1. The summed E-state index contributed by atoms with van der Waals surface area (Å²) < 4.78 is 0. The number of benzene rings is 1. The van der Waals surface area contributed by atoms with Crippen LogP contribution in [0.1, 0.15) is 30.6 Å². The van der Waals surface area contributed by atoms with Gasteiger partial charge >= 0.3 is 0 Å². The zero-order valence-electron chi connectivity index (χ0n) is 13.1. The van der Waals surface area contributed by atoms with Gasteiger partial charge in [0.25, 0.3) is 0 Å². The minimum atomic E-state index is 0. The van der Waals surface area contributed by atoms with Crippen LogP contribution in [0.15, 0.2) is 24.3 Å². The predicted molar refractivity (Wildman–Crippen MR) is 90.8 cm³/mol. The van der Waals surface area contributed by atoms with Crippen LogP contribution >= 0.6 is 12.4 Å². The minimum absolute atomic E-state index is 0. The lowest BCUT2D eigenvalue weighted by Gasteiger charge is -2.33. The Labute approximate surface area is 137 Å². The summed E-state index contributed by atoms with van der Waals surface area (Å²) in [7, 11) is 0. The molecular formula is C16H24ClN3O2. The van der Waals surface area contributed by atoms with Gasteiger partial charge in [0.15, 0.2) is 5.78 Å². The molecular weight excluding hydrogens is 302 g/mol. The predicted octanol–water partition coefficient (Wildman–Crippen LogP) is 1.93. The molecule has 2 N–H and O–H groups in total. The number of piperazine rings is 1. The monoisotopic (exact) mass is 325 g/mol. The molecule has 1 saturated heterocycles. The van der Waals surface area contributed by atoms with Crippen molar-refractivity contribution in [3.05, 3.63) is 29.8 Å². The molecule has 1 aromatic rings. The highest BCUT2D eigenvalue weighted by Crippen LogP contribution is 2.11. The van der Waals surface area contributed by atoms with Gasteiger partial charge in [-0.25, -0.2) is 0 Å². The third-order valence-corrected chi connectivity index (χ3v) is 3.84. The number of carbonyl (C=O) groups is 2. The maximum absolute atomic E-state index is 12.0. The molecule has 0 spiro atoms. The molecule has 0 aromatic heterocycles. The molecule has 0 radical (unpaired) electrons. The number of carbonyl (C=O) groups excluding carboxylic acids is 2. The Bertz CT molecular complexity index is 505. The molecule has 1 aliphatic rings. The number of rotatable bonds is 5. The van der Waals surface area contributed by atoms with Crippen LogP contribution in [0.25, 0.3) is 0 Å². The summed E-state index contributed by atoms with van der Waals surface area (Å²) in [6.45, 7) is 7.43. The molecule has 6 heteroatoms. The summed E-state index contributed by atoms with van der Waals surface area (Å²) in [6.07, 6.45) is 0.485. The third-order valence-electron chi connectivity index (χ3n) is 3.84. The Morgan fingerprint density at radius 3 is 2.59 bits per heavy atom. The average Bonchev–Trinajstić information content (AvgIpc) is 2.47. The van der Waals surface area contributed by atoms with E-state index in [1.807, 2.05) is 0 Å². The molecule has 1 amide bonds. The topological polar surface area (TPSA) is 61.4 Å². The smallest absolute Gasteiger partial charge is 0.225 e. The van der Waals surface area contributed by atoms with Gasteiger partial charge in [-0.05, 0) is 38.1 Å². The van der Waals surface area contributed by atoms with Gasteiger partial charge in [0, 0.05) is 49.9 Å². The van der Waals surface area contributed by atoms with Crippen molar-refractivity contribution in [1.82, 2.24) is 10.2 Å². The summed E-state index contributed by atoms with van der Waals surface area (Å²) in [5.74, 6) is 0.0388. The van der Waals surface area contributed by atoms with Crippen molar-refractivity contribution in [2.75, 3.05) is 31.5 Å². The van der Waals surface area contributed by atoms with E-state index >= 15 is 0 Å². The van der Waals surface area contributed by atoms with E-state index in [1.54, 1.807) is 24.3 Å². The molecule has 122 valence electrons. The molecule has 22 heavy (non-hydrogen) atoms. The number of hydrogen-bond donors (Lipinski definition) is 2. The number of nitrogens with one attached hydrogen (secondary N) is 2. The first-order chi connectivity index (χ1) is 10.1.